The summed E-state index contributed by atoms with van der Waals surface area (Å²) < 4.78 is 29.7. The van der Waals surface area contributed by atoms with E-state index in [1.54, 1.807) is 24.3 Å². The van der Waals surface area contributed by atoms with E-state index in [-0.39, 0.29) is 6.61 Å². The lowest BCUT2D eigenvalue weighted by Crippen LogP contribution is -2.00. The fraction of sp³-hybridized carbons (Fsp3) is 0.273. The quantitative estimate of drug-likeness (QED) is 0.402. The van der Waals surface area contributed by atoms with Gasteiger partial charge in [0.25, 0.3) is 0 Å². The average Bonchev–Trinajstić information content (AvgIpc) is 2.37. The van der Waals surface area contributed by atoms with Gasteiger partial charge in [0.05, 0.1) is 13.2 Å². The zero-order valence-electron chi connectivity index (χ0n) is 11.2. The summed E-state index contributed by atoms with van der Waals surface area (Å²) in [6.07, 6.45) is 1.67. The molecule has 0 fully saturated rings. The minimum absolute atomic E-state index is 0.318. The largest absolute Gasteiger partial charge is 0.481 e. The molecule has 0 aliphatic rings. The highest BCUT2D eigenvalue weighted by molar-refractivity contribution is 7.60. The molecule has 0 heterocycles. The zero-order valence-corrected chi connectivity index (χ0v) is 13.7. The summed E-state index contributed by atoms with van der Waals surface area (Å²) in [5, 5.41) is 9.79. The lowest BCUT2D eigenvalue weighted by atomic mass is 10.1. The summed E-state index contributed by atoms with van der Waals surface area (Å²) >= 11 is 5.75. The predicted molar refractivity (Wildman–Crippen MR) is 79.2 cm³/mol. The minimum atomic E-state index is -5.14. The molecule has 8 nitrogen and oxygen atoms in total. The van der Waals surface area contributed by atoms with Crippen molar-refractivity contribution in [2.45, 2.75) is 6.42 Å². The maximum absolute atomic E-state index is 11.2. The molecule has 124 valence electrons. The van der Waals surface area contributed by atoms with Crippen LogP contribution in [0.5, 0.6) is 0 Å². The summed E-state index contributed by atoms with van der Waals surface area (Å²) in [4.78, 5) is 25.9. The summed E-state index contributed by atoms with van der Waals surface area (Å²) in [5.74, 6) is 0. The molecule has 1 rings (SSSR count). The fourth-order valence-electron chi connectivity index (χ4n) is 1.46. The van der Waals surface area contributed by atoms with Crippen LogP contribution in [0, 0.1) is 0 Å². The van der Waals surface area contributed by atoms with Crippen LogP contribution in [0.25, 0.3) is 0 Å². The normalized spacial score (nSPS) is 15.6. The molecule has 0 aliphatic heterocycles. The molecule has 0 aromatic heterocycles. The average molecular weight is 373 g/mol. The topological polar surface area (TPSA) is 134 Å². The molecule has 0 bridgehead atoms. The SMILES string of the molecule is O=P(O)(O)OP(=O)(O)OC/C=C(/CO)Cc1ccc(Cl)cc1. The van der Waals surface area contributed by atoms with E-state index < -0.39 is 22.3 Å². The first-order valence-corrected chi connectivity index (χ1v) is 9.29. The molecule has 22 heavy (non-hydrogen) atoms. The Balaban J connectivity index is 2.60. The van der Waals surface area contributed by atoms with Crippen LogP contribution in [-0.2, 0) is 24.4 Å². The molecule has 0 amide bonds. The van der Waals surface area contributed by atoms with Crippen LogP contribution in [0.15, 0.2) is 35.9 Å². The third-order valence-electron chi connectivity index (χ3n) is 2.37. The Labute approximate surface area is 131 Å². The lowest BCUT2D eigenvalue weighted by Gasteiger charge is -2.11. The molecule has 4 N–H and O–H groups in total. The van der Waals surface area contributed by atoms with Gasteiger partial charge in [0.1, 0.15) is 0 Å². The van der Waals surface area contributed by atoms with Crippen LogP contribution in [-0.4, -0.2) is 33.0 Å². The molecule has 1 aromatic carbocycles. The number of phosphoric acid groups is 2. The number of rotatable bonds is 8. The van der Waals surface area contributed by atoms with E-state index in [4.69, 9.17) is 26.3 Å². The van der Waals surface area contributed by atoms with Crippen molar-refractivity contribution in [1.82, 2.24) is 0 Å². The molecule has 0 spiro atoms. The summed E-state index contributed by atoms with van der Waals surface area (Å²) in [6, 6.07) is 6.86. The van der Waals surface area contributed by atoms with Gasteiger partial charge < -0.3 is 19.8 Å². The highest BCUT2D eigenvalue weighted by Crippen LogP contribution is 2.57. The smallest absolute Gasteiger partial charge is 0.392 e. The Morgan fingerprint density at radius 2 is 1.77 bits per heavy atom. The first-order valence-electron chi connectivity index (χ1n) is 5.89. The Morgan fingerprint density at radius 1 is 1.18 bits per heavy atom. The lowest BCUT2D eigenvalue weighted by molar-refractivity contribution is 0.190. The van der Waals surface area contributed by atoms with Crippen molar-refractivity contribution >= 4 is 27.2 Å². The zero-order chi connectivity index (χ0) is 16.8. The third kappa shape index (κ3) is 8.19. The van der Waals surface area contributed by atoms with Crippen molar-refractivity contribution in [3.8, 4) is 0 Å². The van der Waals surface area contributed by atoms with Gasteiger partial charge in [0.15, 0.2) is 0 Å². The van der Waals surface area contributed by atoms with Gasteiger partial charge in [-0.05, 0) is 29.7 Å². The number of halogens is 1. The molecule has 1 atom stereocenters. The van der Waals surface area contributed by atoms with Crippen LogP contribution < -0.4 is 0 Å². The number of hydrogen-bond donors (Lipinski definition) is 4. The maximum atomic E-state index is 11.2. The second-order valence-corrected chi connectivity index (χ2v) is 7.43. The third-order valence-corrected chi connectivity index (χ3v) is 4.77. The van der Waals surface area contributed by atoms with Crippen molar-refractivity contribution in [2.75, 3.05) is 13.2 Å². The van der Waals surface area contributed by atoms with Gasteiger partial charge in [-0.2, -0.15) is 4.31 Å². The maximum Gasteiger partial charge on any atom is 0.481 e. The number of phosphoric ester groups is 1. The standard InChI is InChI=1S/C11H15ClO8P2/c12-11-3-1-9(2-4-11)7-10(8-13)5-6-19-22(17,18)20-21(14,15)16/h1-5,13H,6-8H2,(H,17,18)(H2,14,15,16)/b10-5+. The van der Waals surface area contributed by atoms with Crippen molar-refractivity contribution in [2.24, 2.45) is 0 Å². The molecule has 0 aliphatic carbocycles. The molecule has 1 unspecified atom stereocenters. The molecular weight excluding hydrogens is 358 g/mol. The van der Waals surface area contributed by atoms with Crippen LogP contribution in [0.3, 0.4) is 0 Å². The second kappa shape index (κ2) is 8.36. The Bertz CT molecular complexity index is 609. The second-order valence-electron chi connectivity index (χ2n) is 4.16. The van der Waals surface area contributed by atoms with Gasteiger partial charge in [-0.25, -0.2) is 9.13 Å². The molecule has 0 saturated heterocycles. The van der Waals surface area contributed by atoms with Gasteiger partial charge in [-0.3, -0.25) is 4.52 Å². The summed E-state index contributed by atoms with van der Waals surface area (Å²) in [5.41, 5.74) is 1.34. The van der Waals surface area contributed by atoms with Gasteiger partial charge in [-0.1, -0.05) is 29.8 Å². The minimum Gasteiger partial charge on any atom is -0.392 e. The molecule has 1 aromatic rings. The van der Waals surface area contributed by atoms with Crippen LogP contribution in [0.1, 0.15) is 5.56 Å². The molecule has 0 radical (unpaired) electrons. The van der Waals surface area contributed by atoms with Crippen LogP contribution >= 0.6 is 27.2 Å². The van der Waals surface area contributed by atoms with Crippen LogP contribution in [0.2, 0.25) is 5.02 Å². The Hall–Kier alpha value is -0.530. The van der Waals surface area contributed by atoms with Crippen molar-refractivity contribution in [1.29, 1.82) is 0 Å². The van der Waals surface area contributed by atoms with Crippen molar-refractivity contribution in [3.05, 3.63) is 46.5 Å². The van der Waals surface area contributed by atoms with E-state index in [1.807, 2.05) is 0 Å². The predicted octanol–water partition coefficient (Wildman–Crippen LogP) is 2.03. The van der Waals surface area contributed by atoms with E-state index in [0.717, 1.165) is 5.56 Å². The van der Waals surface area contributed by atoms with E-state index in [9.17, 15) is 14.2 Å². The summed E-state index contributed by atoms with van der Waals surface area (Å²) in [7, 11) is -10.0. The van der Waals surface area contributed by atoms with Gasteiger partial charge >= 0.3 is 15.6 Å². The molecular formula is C11H15ClO8P2. The van der Waals surface area contributed by atoms with Crippen molar-refractivity contribution < 1.29 is 37.8 Å². The van der Waals surface area contributed by atoms with Gasteiger partial charge in [0.2, 0.25) is 0 Å². The van der Waals surface area contributed by atoms with Crippen molar-refractivity contribution in [3.63, 3.8) is 0 Å². The number of aliphatic hydroxyl groups excluding tert-OH is 1. The molecule has 0 saturated carbocycles. The first-order chi connectivity index (χ1) is 10.1. The highest BCUT2D eigenvalue weighted by atomic mass is 35.5. The first kappa shape index (κ1) is 19.5. The number of hydrogen-bond acceptors (Lipinski definition) is 5. The highest BCUT2D eigenvalue weighted by Gasteiger charge is 2.31. The Kier molecular flexibility index (Phi) is 7.41. The van der Waals surface area contributed by atoms with Gasteiger partial charge in [-0.15, -0.1) is 0 Å². The van der Waals surface area contributed by atoms with Crippen LogP contribution in [0.4, 0.5) is 0 Å². The van der Waals surface area contributed by atoms with E-state index in [1.165, 1.54) is 6.08 Å². The van der Waals surface area contributed by atoms with E-state index in [0.29, 0.717) is 17.0 Å². The van der Waals surface area contributed by atoms with Gasteiger partial charge in [0, 0.05) is 5.02 Å². The number of benzene rings is 1. The Morgan fingerprint density at radius 3 is 2.27 bits per heavy atom. The number of aliphatic hydroxyl groups is 1. The van der Waals surface area contributed by atoms with E-state index in [2.05, 4.69) is 8.83 Å². The summed E-state index contributed by atoms with van der Waals surface area (Å²) in [6.45, 7) is -0.779. The fourth-order valence-corrected chi connectivity index (χ4v) is 3.12. The monoisotopic (exact) mass is 372 g/mol. The van der Waals surface area contributed by atoms with E-state index >= 15 is 0 Å². The molecule has 11 heteroatoms.